The van der Waals surface area contributed by atoms with Crippen LogP contribution < -0.4 is 9.93 Å². The molecule has 0 fully saturated rings. The Morgan fingerprint density at radius 1 is 1.00 bits per heavy atom. The molecule has 0 N–H and O–H groups in total. The maximum Gasteiger partial charge on any atom is 0.337 e. The summed E-state index contributed by atoms with van der Waals surface area (Å²) in [6.07, 6.45) is 0. The summed E-state index contributed by atoms with van der Waals surface area (Å²) >= 11 is 7.35. The van der Waals surface area contributed by atoms with Crippen molar-refractivity contribution in [3.05, 3.63) is 74.0 Å². The third-order valence-corrected chi connectivity index (χ3v) is 6.63. The summed E-state index contributed by atoms with van der Waals surface area (Å²) in [5.41, 5.74) is 5.46. The Bertz CT molecular complexity index is 1330. The maximum atomic E-state index is 11.9. The second-order valence-electron chi connectivity index (χ2n) is 7.34. The SMILES string of the molecule is COC(=O)c1ccc(-c2c3cc(Br)c(=[N+](C)C)cc-3oc3cc(C)c(Br)cc23)cc1. The lowest BCUT2D eigenvalue weighted by Crippen LogP contribution is -2.23. The highest BCUT2D eigenvalue weighted by molar-refractivity contribution is 9.10. The van der Waals surface area contributed by atoms with Crippen LogP contribution in [-0.2, 0) is 4.74 Å². The van der Waals surface area contributed by atoms with E-state index in [1.807, 2.05) is 49.9 Å². The first-order valence-corrected chi connectivity index (χ1v) is 10.9. The smallest absolute Gasteiger partial charge is 0.337 e. The van der Waals surface area contributed by atoms with Gasteiger partial charge < -0.3 is 9.15 Å². The van der Waals surface area contributed by atoms with E-state index in [1.165, 1.54) is 7.11 Å². The lowest BCUT2D eigenvalue weighted by Gasteiger charge is -2.16. The zero-order valence-electron chi connectivity index (χ0n) is 17.0. The summed E-state index contributed by atoms with van der Waals surface area (Å²) in [5.74, 6) is 0.444. The van der Waals surface area contributed by atoms with Crippen LogP contribution in [0.4, 0.5) is 0 Å². The normalized spacial score (nSPS) is 11.1. The number of esters is 1. The number of carbonyl (C=O) groups excluding carboxylic acids is 1. The van der Waals surface area contributed by atoms with Gasteiger partial charge in [-0.1, -0.05) is 28.1 Å². The van der Waals surface area contributed by atoms with Gasteiger partial charge in [-0.15, -0.1) is 0 Å². The minimum absolute atomic E-state index is 0.351. The average molecular weight is 530 g/mol. The van der Waals surface area contributed by atoms with E-state index in [0.29, 0.717) is 5.56 Å². The number of methoxy groups -OCH3 is 1. The third kappa shape index (κ3) is 3.59. The Hall–Kier alpha value is -2.44. The van der Waals surface area contributed by atoms with Crippen molar-refractivity contribution in [1.29, 1.82) is 0 Å². The molecule has 30 heavy (non-hydrogen) atoms. The number of hydrogen-bond acceptors (Lipinski definition) is 3. The number of nitrogens with zero attached hydrogens (tertiary/aromatic N) is 1. The van der Waals surface area contributed by atoms with E-state index in [9.17, 15) is 4.79 Å². The summed E-state index contributed by atoms with van der Waals surface area (Å²) in [6, 6.07) is 15.7. The zero-order valence-corrected chi connectivity index (χ0v) is 20.2. The van der Waals surface area contributed by atoms with E-state index in [0.717, 1.165) is 53.3 Å². The van der Waals surface area contributed by atoms with Crippen LogP contribution in [0.3, 0.4) is 0 Å². The van der Waals surface area contributed by atoms with Crippen LogP contribution in [-0.4, -0.2) is 27.2 Å². The van der Waals surface area contributed by atoms with Crippen molar-refractivity contribution >= 4 is 48.8 Å². The largest absolute Gasteiger partial charge is 0.465 e. The van der Waals surface area contributed by atoms with Crippen LogP contribution in [0.25, 0.3) is 33.4 Å². The van der Waals surface area contributed by atoms with E-state index in [1.54, 1.807) is 12.1 Å². The molecule has 0 saturated heterocycles. The number of halogens is 2. The second kappa shape index (κ2) is 8.00. The van der Waals surface area contributed by atoms with Gasteiger partial charge in [0.1, 0.15) is 25.4 Å². The van der Waals surface area contributed by atoms with E-state index < -0.39 is 0 Å². The van der Waals surface area contributed by atoms with Gasteiger partial charge >= 0.3 is 5.97 Å². The van der Waals surface area contributed by atoms with Crippen molar-refractivity contribution < 1.29 is 13.9 Å². The molecule has 4 rings (SSSR count). The number of fused-ring (bicyclic) bond motifs is 2. The summed E-state index contributed by atoms with van der Waals surface area (Å²) in [4.78, 5) is 11.9. The topological polar surface area (TPSA) is 42.5 Å². The van der Waals surface area contributed by atoms with Crippen molar-refractivity contribution in [2.45, 2.75) is 6.92 Å². The van der Waals surface area contributed by atoms with Crippen LogP contribution in [0.15, 0.2) is 61.9 Å². The molecule has 152 valence electrons. The first-order valence-electron chi connectivity index (χ1n) is 9.35. The van der Waals surface area contributed by atoms with Gasteiger partial charge in [0, 0.05) is 21.0 Å². The Balaban J connectivity index is 2.11. The van der Waals surface area contributed by atoms with Gasteiger partial charge in [-0.05, 0) is 64.3 Å². The van der Waals surface area contributed by atoms with Crippen molar-refractivity contribution in [2.24, 2.45) is 0 Å². The summed E-state index contributed by atoms with van der Waals surface area (Å²) in [7, 11) is 5.39. The van der Waals surface area contributed by atoms with Crippen molar-refractivity contribution in [2.75, 3.05) is 21.2 Å². The molecule has 6 heteroatoms. The molecule has 0 spiro atoms. The fourth-order valence-corrected chi connectivity index (χ4v) is 4.61. The van der Waals surface area contributed by atoms with Crippen LogP contribution in [0.2, 0.25) is 0 Å². The predicted octanol–water partition coefficient (Wildman–Crippen LogP) is 5.86. The van der Waals surface area contributed by atoms with Gasteiger partial charge in [0.15, 0.2) is 0 Å². The standard InChI is InChI=1S/C24H20Br2NO3/c1-13-9-21-16(10-18(13)25)23(14-5-7-15(8-6-14)24(28)29-4)17-11-19(26)20(27(2)3)12-22(17)30-21/h5-12H,1-4H3/q+1. The highest BCUT2D eigenvalue weighted by Gasteiger charge is 2.21. The predicted molar refractivity (Wildman–Crippen MR) is 127 cm³/mol. The van der Waals surface area contributed by atoms with Crippen LogP contribution >= 0.6 is 31.9 Å². The maximum absolute atomic E-state index is 11.9. The summed E-state index contributed by atoms with van der Waals surface area (Å²) in [6.45, 7) is 2.04. The average Bonchev–Trinajstić information content (AvgIpc) is 2.72. The molecular formula is C24H20Br2NO3+. The summed E-state index contributed by atoms with van der Waals surface area (Å²) in [5, 5.41) is 2.03. The number of aryl methyl sites for hydroxylation is 1. The minimum atomic E-state index is -0.351. The Morgan fingerprint density at radius 2 is 1.70 bits per heavy atom. The highest BCUT2D eigenvalue weighted by atomic mass is 79.9. The second-order valence-corrected chi connectivity index (χ2v) is 9.05. The number of carbonyl (C=O) groups is 1. The summed E-state index contributed by atoms with van der Waals surface area (Å²) < 4.78 is 15.2. The quantitative estimate of drug-likeness (QED) is 0.186. The van der Waals surface area contributed by atoms with Gasteiger partial charge in [0.05, 0.1) is 23.2 Å². The van der Waals surface area contributed by atoms with E-state index >= 15 is 0 Å². The lowest BCUT2D eigenvalue weighted by atomic mass is 9.93. The number of hydrogen-bond donors (Lipinski definition) is 0. The Labute approximate surface area is 191 Å². The molecule has 1 aliphatic heterocycles. The van der Waals surface area contributed by atoms with E-state index in [-0.39, 0.29) is 5.97 Å². The minimum Gasteiger partial charge on any atom is -0.465 e. The molecule has 2 aromatic rings. The van der Waals surface area contributed by atoms with Crippen LogP contribution in [0, 0.1) is 6.92 Å². The van der Waals surface area contributed by atoms with Crippen LogP contribution in [0.5, 0.6) is 0 Å². The molecule has 0 radical (unpaired) electrons. The van der Waals surface area contributed by atoms with E-state index in [2.05, 4.69) is 44.0 Å². The molecule has 1 heterocycles. The third-order valence-electron chi connectivity index (χ3n) is 5.14. The molecule has 0 aromatic heterocycles. The molecular weight excluding hydrogens is 510 g/mol. The van der Waals surface area contributed by atoms with Gasteiger partial charge in [0.25, 0.3) is 0 Å². The fourth-order valence-electron chi connectivity index (χ4n) is 3.57. The Kier molecular flexibility index (Phi) is 5.55. The highest BCUT2D eigenvalue weighted by Crippen LogP contribution is 2.42. The van der Waals surface area contributed by atoms with Crippen LogP contribution in [0.1, 0.15) is 15.9 Å². The molecule has 0 atom stereocenters. The van der Waals surface area contributed by atoms with Gasteiger partial charge in [-0.25, -0.2) is 9.37 Å². The van der Waals surface area contributed by atoms with Gasteiger partial charge in [-0.2, -0.15) is 0 Å². The van der Waals surface area contributed by atoms with Gasteiger partial charge in [0.2, 0.25) is 5.36 Å². The molecule has 0 unspecified atom stereocenters. The fraction of sp³-hybridized carbons (Fsp3) is 0.167. The monoisotopic (exact) mass is 528 g/mol. The molecule has 2 aromatic carbocycles. The zero-order chi connectivity index (χ0) is 21.6. The molecule has 0 amide bonds. The van der Waals surface area contributed by atoms with E-state index in [4.69, 9.17) is 9.15 Å². The lowest BCUT2D eigenvalue weighted by molar-refractivity contribution is 0.0601. The van der Waals surface area contributed by atoms with Crippen molar-refractivity contribution in [1.82, 2.24) is 4.58 Å². The molecule has 1 aliphatic carbocycles. The Morgan fingerprint density at radius 3 is 2.33 bits per heavy atom. The molecule has 0 saturated carbocycles. The molecule has 2 aliphatic rings. The molecule has 4 nitrogen and oxygen atoms in total. The molecule has 0 bridgehead atoms. The van der Waals surface area contributed by atoms with Gasteiger partial charge in [-0.3, -0.25) is 0 Å². The number of ether oxygens (including phenoxy) is 1. The van der Waals surface area contributed by atoms with Crippen molar-refractivity contribution in [3.63, 3.8) is 0 Å². The number of rotatable bonds is 2. The first-order chi connectivity index (χ1) is 14.3. The van der Waals surface area contributed by atoms with Crippen molar-refractivity contribution in [3.8, 4) is 22.5 Å². The first kappa shape index (κ1) is 20.8. The number of benzene rings is 3.